The quantitative estimate of drug-likeness (QED) is 0.634. The second-order valence-corrected chi connectivity index (χ2v) is 5.84. The third kappa shape index (κ3) is 3.64. The van der Waals surface area contributed by atoms with Crippen molar-refractivity contribution in [2.24, 2.45) is 0 Å². The first-order valence-electron chi connectivity index (χ1n) is 7.97. The van der Waals surface area contributed by atoms with Crippen molar-refractivity contribution in [1.82, 2.24) is 9.88 Å². The first kappa shape index (κ1) is 18.1. The molecule has 0 fully saturated rings. The lowest BCUT2D eigenvalue weighted by Gasteiger charge is -2.15. The van der Waals surface area contributed by atoms with Crippen molar-refractivity contribution < 1.29 is 24.2 Å². The number of carbonyl (C=O) groups is 2. The molecule has 2 aromatic carbocycles. The summed E-state index contributed by atoms with van der Waals surface area (Å²) in [5.74, 6) is -3.70. The standard InChI is InChI=1S/C19H15FN2O5/c20-12-6-7-14-13(8-12)17(25)16(18(26)21-9-15(23)24)19(27)22(14)10-11-4-2-1-3-5-11/h1-8,25H,9-10H2,(H,21,26)(H,23,24). The highest BCUT2D eigenvalue weighted by molar-refractivity contribution is 6.03. The van der Waals surface area contributed by atoms with Gasteiger partial charge in [-0.25, -0.2) is 4.39 Å². The molecular weight excluding hydrogens is 355 g/mol. The molecule has 7 nitrogen and oxygen atoms in total. The lowest BCUT2D eigenvalue weighted by atomic mass is 10.1. The summed E-state index contributed by atoms with van der Waals surface area (Å²) in [5.41, 5.74) is -0.436. The number of amides is 1. The van der Waals surface area contributed by atoms with Crippen LogP contribution in [0.4, 0.5) is 4.39 Å². The van der Waals surface area contributed by atoms with E-state index in [0.717, 1.165) is 17.7 Å². The number of hydrogen-bond donors (Lipinski definition) is 3. The maximum Gasteiger partial charge on any atom is 0.322 e. The molecule has 0 spiro atoms. The van der Waals surface area contributed by atoms with Gasteiger partial charge in [0, 0.05) is 5.39 Å². The first-order valence-corrected chi connectivity index (χ1v) is 7.97. The Labute approximate surface area is 152 Å². The summed E-state index contributed by atoms with van der Waals surface area (Å²) in [6, 6.07) is 12.4. The number of nitrogens with one attached hydrogen (secondary N) is 1. The van der Waals surface area contributed by atoms with Crippen molar-refractivity contribution in [1.29, 1.82) is 0 Å². The summed E-state index contributed by atoms with van der Waals surface area (Å²) < 4.78 is 14.9. The van der Waals surface area contributed by atoms with Gasteiger partial charge in [0.15, 0.2) is 0 Å². The number of pyridine rings is 1. The zero-order valence-corrected chi connectivity index (χ0v) is 14.0. The summed E-state index contributed by atoms with van der Waals surface area (Å²) in [6.07, 6.45) is 0. The lowest BCUT2D eigenvalue weighted by Crippen LogP contribution is -2.36. The molecule has 0 saturated heterocycles. The number of aromatic hydroxyl groups is 1. The van der Waals surface area contributed by atoms with Crippen molar-refractivity contribution in [2.75, 3.05) is 6.54 Å². The molecule has 27 heavy (non-hydrogen) atoms. The van der Waals surface area contributed by atoms with Crippen molar-refractivity contribution in [3.63, 3.8) is 0 Å². The maximum atomic E-state index is 13.7. The Bertz CT molecular complexity index is 1090. The summed E-state index contributed by atoms with van der Waals surface area (Å²) in [4.78, 5) is 35.8. The minimum absolute atomic E-state index is 0.0222. The number of benzene rings is 2. The normalized spacial score (nSPS) is 10.7. The highest BCUT2D eigenvalue weighted by Crippen LogP contribution is 2.27. The van der Waals surface area contributed by atoms with Crippen LogP contribution in [-0.2, 0) is 11.3 Å². The van der Waals surface area contributed by atoms with Crippen molar-refractivity contribution >= 4 is 22.8 Å². The summed E-state index contributed by atoms with van der Waals surface area (Å²) >= 11 is 0. The van der Waals surface area contributed by atoms with Gasteiger partial charge in [-0.3, -0.25) is 14.4 Å². The number of hydrogen-bond acceptors (Lipinski definition) is 4. The van der Waals surface area contributed by atoms with E-state index in [-0.39, 0.29) is 17.4 Å². The fourth-order valence-electron chi connectivity index (χ4n) is 2.79. The molecule has 1 amide bonds. The van der Waals surface area contributed by atoms with Crippen LogP contribution in [0.1, 0.15) is 15.9 Å². The first-order chi connectivity index (χ1) is 12.9. The SMILES string of the molecule is O=C(O)CNC(=O)c1c(O)c2cc(F)ccc2n(Cc2ccccc2)c1=O. The van der Waals surface area contributed by atoms with Crippen molar-refractivity contribution in [3.05, 3.63) is 75.8 Å². The predicted octanol–water partition coefficient (Wildman–Crippen LogP) is 1.71. The number of nitrogens with zero attached hydrogens (tertiary/aromatic N) is 1. The topological polar surface area (TPSA) is 109 Å². The fourth-order valence-corrected chi connectivity index (χ4v) is 2.79. The molecular formula is C19H15FN2O5. The summed E-state index contributed by atoms with van der Waals surface area (Å²) in [6.45, 7) is -0.640. The van der Waals surface area contributed by atoms with Crippen LogP contribution in [0.25, 0.3) is 10.9 Å². The van der Waals surface area contributed by atoms with Gasteiger partial charge < -0.3 is 20.1 Å². The predicted molar refractivity (Wildman–Crippen MR) is 95.3 cm³/mol. The average Bonchev–Trinajstić information content (AvgIpc) is 2.64. The Hall–Kier alpha value is -3.68. The number of rotatable bonds is 5. The van der Waals surface area contributed by atoms with Crippen LogP contribution < -0.4 is 10.9 Å². The largest absolute Gasteiger partial charge is 0.506 e. The summed E-state index contributed by atoms with van der Waals surface area (Å²) in [7, 11) is 0. The van der Waals surface area contributed by atoms with Crippen LogP contribution in [0, 0.1) is 5.82 Å². The zero-order chi connectivity index (χ0) is 19.6. The number of aromatic nitrogens is 1. The third-order valence-corrected chi connectivity index (χ3v) is 4.01. The van der Waals surface area contributed by atoms with E-state index < -0.39 is 41.1 Å². The van der Waals surface area contributed by atoms with Gasteiger partial charge in [-0.2, -0.15) is 0 Å². The number of aliphatic carboxylic acids is 1. The average molecular weight is 370 g/mol. The van der Waals surface area contributed by atoms with E-state index in [1.807, 2.05) is 5.32 Å². The van der Waals surface area contributed by atoms with Gasteiger partial charge in [0.25, 0.3) is 11.5 Å². The van der Waals surface area contributed by atoms with E-state index >= 15 is 0 Å². The van der Waals surface area contributed by atoms with Gasteiger partial charge in [-0.1, -0.05) is 30.3 Å². The Kier molecular flexibility index (Phi) is 4.89. The molecule has 1 aromatic heterocycles. The minimum atomic E-state index is -1.31. The fraction of sp³-hybridized carbons (Fsp3) is 0.105. The van der Waals surface area contributed by atoms with E-state index in [2.05, 4.69) is 0 Å². The Morgan fingerprint density at radius 3 is 2.48 bits per heavy atom. The van der Waals surface area contributed by atoms with Gasteiger partial charge >= 0.3 is 5.97 Å². The van der Waals surface area contributed by atoms with Gasteiger partial charge in [0.1, 0.15) is 23.7 Å². The van der Waals surface area contributed by atoms with E-state index in [1.54, 1.807) is 30.3 Å². The highest BCUT2D eigenvalue weighted by Gasteiger charge is 2.23. The van der Waals surface area contributed by atoms with E-state index in [4.69, 9.17) is 5.11 Å². The molecule has 1 heterocycles. The van der Waals surface area contributed by atoms with Crippen LogP contribution in [-0.4, -0.2) is 33.2 Å². The van der Waals surface area contributed by atoms with Crippen LogP contribution in [0.3, 0.4) is 0 Å². The number of carbonyl (C=O) groups excluding carboxylic acids is 1. The third-order valence-electron chi connectivity index (χ3n) is 4.01. The van der Waals surface area contributed by atoms with E-state index in [1.165, 1.54) is 10.6 Å². The van der Waals surface area contributed by atoms with E-state index in [9.17, 15) is 23.9 Å². The molecule has 3 aromatic rings. The van der Waals surface area contributed by atoms with Gasteiger partial charge in [-0.05, 0) is 23.8 Å². The van der Waals surface area contributed by atoms with Gasteiger partial charge in [0.2, 0.25) is 0 Å². The molecule has 0 radical (unpaired) electrons. The van der Waals surface area contributed by atoms with Crippen LogP contribution in [0.15, 0.2) is 53.3 Å². The van der Waals surface area contributed by atoms with Crippen molar-refractivity contribution in [3.8, 4) is 5.75 Å². The molecule has 3 N–H and O–H groups in total. The summed E-state index contributed by atoms with van der Waals surface area (Å²) in [5, 5.41) is 21.1. The molecule has 8 heteroatoms. The molecule has 0 unspecified atom stereocenters. The molecule has 0 aliphatic carbocycles. The molecule has 3 rings (SSSR count). The van der Waals surface area contributed by atoms with E-state index in [0.29, 0.717) is 0 Å². The minimum Gasteiger partial charge on any atom is -0.506 e. The molecule has 0 saturated carbocycles. The van der Waals surface area contributed by atoms with Crippen molar-refractivity contribution in [2.45, 2.75) is 6.54 Å². The number of halogens is 1. The zero-order valence-electron chi connectivity index (χ0n) is 14.0. The van der Waals surface area contributed by atoms with Crippen LogP contribution in [0.5, 0.6) is 5.75 Å². The Morgan fingerprint density at radius 2 is 1.81 bits per heavy atom. The smallest absolute Gasteiger partial charge is 0.322 e. The van der Waals surface area contributed by atoms with Crippen LogP contribution >= 0.6 is 0 Å². The van der Waals surface area contributed by atoms with Gasteiger partial charge in [-0.15, -0.1) is 0 Å². The molecule has 0 bridgehead atoms. The molecule has 0 atom stereocenters. The Morgan fingerprint density at radius 1 is 1.11 bits per heavy atom. The molecule has 0 aliphatic rings. The molecule has 0 aliphatic heterocycles. The number of carboxylic acids is 1. The highest BCUT2D eigenvalue weighted by atomic mass is 19.1. The monoisotopic (exact) mass is 370 g/mol. The van der Waals surface area contributed by atoms with Crippen LogP contribution in [0.2, 0.25) is 0 Å². The second-order valence-electron chi connectivity index (χ2n) is 5.84. The molecule has 138 valence electrons. The second kappa shape index (κ2) is 7.28. The number of fused-ring (bicyclic) bond motifs is 1. The maximum absolute atomic E-state index is 13.7. The lowest BCUT2D eigenvalue weighted by molar-refractivity contribution is -0.135. The van der Waals surface area contributed by atoms with Gasteiger partial charge in [0.05, 0.1) is 12.1 Å². The number of carboxylic acid groups (broad SMARTS) is 1. The Balaban J connectivity index is 2.22.